The summed E-state index contributed by atoms with van der Waals surface area (Å²) in [6, 6.07) is 5.68. The molecule has 2 aromatic heterocycles. The normalized spacial score (nSPS) is 14.1. The molecule has 20 heavy (non-hydrogen) atoms. The Balaban J connectivity index is 1.83. The Morgan fingerprint density at radius 3 is 2.80 bits per heavy atom. The van der Waals surface area contributed by atoms with Crippen molar-refractivity contribution in [2.75, 3.05) is 19.1 Å². The third-order valence-corrected chi connectivity index (χ3v) is 4.45. The van der Waals surface area contributed by atoms with Crippen LogP contribution in [0.4, 0.5) is 5.69 Å². The van der Waals surface area contributed by atoms with Gasteiger partial charge in [0.1, 0.15) is 0 Å². The molecule has 1 amide bonds. The molecule has 2 heterocycles. The van der Waals surface area contributed by atoms with E-state index < -0.39 is 0 Å². The van der Waals surface area contributed by atoms with E-state index in [2.05, 4.69) is 11.1 Å². The first-order valence-electron chi connectivity index (χ1n) is 6.56. The van der Waals surface area contributed by atoms with Gasteiger partial charge in [-0.3, -0.25) is 4.79 Å². The SMILES string of the molecule is COc1ccc(N(C)C(=O)c2sccc2C2CC2)cn1. The van der Waals surface area contributed by atoms with E-state index in [1.165, 1.54) is 29.7 Å². The second-order valence-corrected chi connectivity index (χ2v) is 5.82. The molecule has 3 rings (SSSR count). The van der Waals surface area contributed by atoms with Crippen LogP contribution < -0.4 is 9.64 Å². The predicted octanol–water partition coefficient (Wildman–Crippen LogP) is 3.31. The number of carbonyl (C=O) groups excluding carboxylic acids is 1. The number of rotatable bonds is 4. The second kappa shape index (κ2) is 5.25. The maximum atomic E-state index is 12.6. The predicted molar refractivity (Wildman–Crippen MR) is 79.8 cm³/mol. The van der Waals surface area contributed by atoms with Crippen molar-refractivity contribution in [3.8, 4) is 5.88 Å². The minimum Gasteiger partial charge on any atom is -0.481 e. The number of carbonyl (C=O) groups is 1. The van der Waals surface area contributed by atoms with Crippen molar-refractivity contribution in [3.63, 3.8) is 0 Å². The highest BCUT2D eigenvalue weighted by Gasteiger charge is 2.30. The monoisotopic (exact) mass is 288 g/mol. The van der Waals surface area contributed by atoms with Gasteiger partial charge in [0.05, 0.1) is 23.9 Å². The van der Waals surface area contributed by atoms with E-state index in [9.17, 15) is 4.79 Å². The van der Waals surface area contributed by atoms with Crippen LogP contribution in [-0.2, 0) is 0 Å². The van der Waals surface area contributed by atoms with Crippen molar-refractivity contribution < 1.29 is 9.53 Å². The number of hydrogen-bond acceptors (Lipinski definition) is 4. The summed E-state index contributed by atoms with van der Waals surface area (Å²) in [7, 11) is 3.35. The standard InChI is InChI=1S/C15H16N2O2S/c1-17(11-5-6-13(19-2)16-9-11)15(18)14-12(7-8-20-14)10-3-4-10/h5-10H,3-4H2,1-2H3. The lowest BCUT2D eigenvalue weighted by atomic mass is 10.1. The van der Waals surface area contributed by atoms with E-state index in [-0.39, 0.29) is 5.91 Å². The Kier molecular flexibility index (Phi) is 3.44. The van der Waals surface area contributed by atoms with Crippen LogP contribution in [0.15, 0.2) is 29.8 Å². The first-order valence-corrected chi connectivity index (χ1v) is 7.44. The van der Waals surface area contributed by atoms with E-state index in [0.29, 0.717) is 11.8 Å². The van der Waals surface area contributed by atoms with Gasteiger partial charge in [0.15, 0.2) is 0 Å². The molecule has 1 aliphatic rings. The Morgan fingerprint density at radius 1 is 1.40 bits per heavy atom. The smallest absolute Gasteiger partial charge is 0.268 e. The molecule has 0 bridgehead atoms. The van der Waals surface area contributed by atoms with Crippen molar-refractivity contribution >= 4 is 22.9 Å². The van der Waals surface area contributed by atoms with Gasteiger partial charge in [-0.1, -0.05) is 0 Å². The number of thiophene rings is 1. The largest absolute Gasteiger partial charge is 0.481 e. The van der Waals surface area contributed by atoms with Crippen LogP contribution in [0.5, 0.6) is 5.88 Å². The van der Waals surface area contributed by atoms with Crippen molar-refractivity contribution in [2.45, 2.75) is 18.8 Å². The number of pyridine rings is 1. The molecule has 2 aromatic rings. The summed E-state index contributed by atoms with van der Waals surface area (Å²) in [4.78, 5) is 19.2. The van der Waals surface area contributed by atoms with Gasteiger partial charge in [-0.25, -0.2) is 4.98 Å². The Labute approximate surface area is 122 Å². The van der Waals surface area contributed by atoms with Gasteiger partial charge in [0.25, 0.3) is 5.91 Å². The molecular formula is C15H16N2O2S. The lowest BCUT2D eigenvalue weighted by Crippen LogP contribution is -2.26. The number of aromatic nitrogens is 1. The molecule has 0 unspecified atom stereocenters. The van der Waals surface area contributed by atoms with Crippen molar-refractivity contribution in [3.05, 3.63) is 40.2 Å². The quantitative estimate of drug-likeness (QED) is 0.867. The maximum Gasteiger partial charge on any atom is 0.268 e. The minimum absolute atomic E-state index is 0.0360. The van der Waals surface area contributed by atoms with Crippen molar-refractivity contribution in [1.29, 1.82) is 0 Å². The summed E-state index contributed by atoms with van der Waals surface area (Å²) in [6.45, 7) is 0. The van der Waals surface area contributed by atoms with Crippen LogP contribution in [0.1, 0.15) is 34.0 Å². The summed E-state index contributed by atoms with van der Waals surface area (Å²) in [5.74, 6) is 1.17. The summed E-state index contributed by atoms with van der Waals surface area (Å²) < 4.78 is 5.03. The Bertz CT molecular complexity index is 617. The highest BCUT2D eigenvalue weighted by Crippen LogP contribution is 2.43. The van der Waals surface area contributed by atoms with Crippen LogP contribution in [0, 0.1) is 0 Å². The molecule has 0 radical (unpaired) electrons. The van der Waals surface area contributed by atoms with E-state index in [1.54, 1.807) is 31.3 Å². The molecule has 0 aliphatic heterocycles. The van der Waals surface area contributed by atoms with Crippen LogP contribution in [0.25, 0.3) is 0 Å². The zero-order valence-electron chi connectivity index (χ0n) is 11.5. The molecule has 5 heteroatoms. The average molecular weight is 288 g/mol. The highest BCUT2D eigenvalue weighted by molar-refractivity contribution is 7.12. The summed E-state index contributed by atoms with van der Waals surface area (Å²) in [6.07, 6.45) is 4.05. The van der Waals surface area contributed by atoms with Gasteiger partial charge >= 0.3 is 0 Å². The maximum absolute atomic E-state index is 12.6. The van der Waals surface area contributed by atoms with Gasteiger partial charge in [-0.15, -0.1) is 11.3 Å². The third-order valence-electron chi connectivity index (χ3n) is 3.53. The number of anilines is 1. The fourth-order valence-electron chi connectivity index (χ4n) is 2.17. The van der Waals surface area contributed by atoms with Gasteiger partial charge < -0.3 is 9.64 Å². The molecule has 1 aliphatic carbocycles. The minimum atomic E-state index is 0.0360. The van der Waals surface area contributed by atoms with Gasteiger partial charge in [-0.2, -0.15) is 0 Å². The first kappa shape index (κ1) is 13.1. The van der Waals surface area contributed by atoms with Gasteiger partial charge in [-0.05, 0) is 41.8 Å². The van der Waals surface area contributed by atoms with E-state index in [1.807, 2.05) is 11.4 Å². The summed E-state index contributed by atoms with van der Waals surface area (Å²) in [5, 5.41) is 2.00. The van der Waals surface area contributed by atoms with E-state index in [4.69, 9.17) is 4.74 Å². The van der Waals surface area contributed by atoms with Crippen LogP contribution in [0.3, 0.4) is 0 Å². The lowest BCUT2D eigenvalue weighted by molar-refractivity contribution is 0.0996. The van der Waals surface area contributed by atoms with Crippen molar-refractivity contribution in [2.24, 2.45) is 0 Å². The zero-order chi connectivity index (χ0) is 14.1. The van der Waals surface area contributed by atoms with Gasteiger partial charge in [0, 0.05) is 13.1 Å². The molecule has 0 aromatic carbocycles. The first-order chi connectivity index (χ1) is 9.70. The third kappa shape index (κ3) is 2.41. The average Bonchev–Trinajstić information content (AvgIpc) is 3.23. The van der Waals surface area contributed by atoms with E-state index in [0.717, 1.165) is 10.6 Å². The van der Waals surface area contributed by atoms with E-state index >= 15 is 0 Å². The zero-order valence-corrected chi connectivity index (χ0v) is 12.3. The fraction of sp³-hybridized carbons (Fsp3) is 0.333. The molecule has 0 spiro atoms. The molecule has 1 saturated carbocycles. The van der Waals surface area contributed by atoms with Crippen LogP contribution >= 0.6 is 11.3 Å². The summed E-state index contributed by atoms with van der Waals surface area (Å²) >= 11 is 1.52. The molecule has 0 atom stereocenters. The fourth-order valence-corrected chi connectivity index (χ4v) is 3.13. The molecule has 0 N–H and O–H groups in total. The number of amides is 1. The second-order valence-electron chi connectivity index (χ2n) is 4.90. The molecular weight excluding hydrogens is 272 g/mol. The van der Waals surface area contributed by atoms with Crippen LogP contribution in [0.2, 0.25) is 0 Å². The Morgan fingerprint density at radius 2 is 2.20 bits per heavy atom. The Hall–Kier alpha value is -1.88. The summed E-state index contributed by atoms with van der Waals surface area (Å²) in [5.41, 5.74) is 1.97. The number of ether oxygens (including phenoxy) is 1. The van der Waals surface area contributed by atoms with Gasteiger partial charge in [0.2, 0.25) is 5.88 Å². The highest BCUT2D eigenvalue weighted by atomic mass is 32.1. The molecule has 0 saturated heterocycles. The molecule has 104 valence electrons. The lowest BCUT2D eigenvalue weighted by Gasteiger charge is -2.17. The number of hydrogen-bond donors (Lipinski definition) is 0. The van der Waals surface area contributed by atoms with Crippen molar-refractivity contribution in [1.82, 2.24) is 4.98 Å². The molecule has 1 fully saturated rings. The van der Waals surface area contributed by atoms with Crippen LogP contribution in [-0.4, -0.2) is 25.0 Å². The molecule has 4 nitrogen and oxygen atoms in total. The topological polar surface area (TPSA) is 42.4 Å². The number of methoxy groups -OCH3 is 1. The number of nitrogens with zero attached hydrogens (tertiary/aromatic N) is 2.